The molecule has 8 heteroatoms. The minimum Gasteiger partial charge on any atom is -0.338 e. The molecule has 0 fully saturated rings. The fourth-order valence-electron chi connectivity index (χ4n) is 1.78. The molecule has 0 radical (unpaired) electrons. The average molecular weight is 318 g/mol. The Hall–Kier alpha value is -2.48. The van der Waals surface area contributed by atoms with Crippen LogP contribution in [0.4, 0.5) is 4.39 Å². The molecule has 0 aliphatic carbocycles. The van der Waals surface area contributed by atoms with Crippen molar-refractivity contribution in [2.75, 3.05) is 0 Å². The van der Waals surface area contributed by atoms with Crippen molar-refractivity contribution in [3.8, 4) is 11.4 Å². The van der Waals surface area contributed by atoms with E-state index in [9.17, 15) is 9.18 Å². The minimum atomic E-state index is -0.322. The lowest BCUT2D eigenvalue weighted by atomic mass is 10.2. The number of aromatic amines is 1. The maximum Gasteiger partial charge on any atom is 0.251 e. The highest BCUT2D eigenvalue weighted by Crippen LogP contribution is 2.20. The topological polar surface area (TPSA) is 84.7 Å². The van der Waals surface area contributed by atoms with Crippen LogP contribution in [-0.4, -0.2) is 20.1 Å². The molecule has 3 aromatic rings. The van der Waals surface area contributed by atoms with Gasteiger partial charge in [0, 0.05) is 17.3 Å². The molecular weight excluding hydrogens is 307 g/mol. The van der Waals surface area contributed by atoms with Crippen LogP contribution in [-0.2, 0) is 5.75 Å². The van der Waals surface area contributed by atoms with E-state index < -0.39 is 0 Å². The predicted octanol–water partition coefficient (Wildman–Crippen LogP) is 2.56. The number of benzene rings is 1. The third kappa shape index (κ3) is 3.40. The predicted molar refractivity (Wildman–Crippen MR) is 78.8 cm³/mol. The third-order valence-corrected chi connectivity index (χ3v) is 3.61. The van der Waals surface area contributed by atoms with E-state index in [0.717, 1.165) is 0 Å². The lowest BCUT2D eigenvalue weighted by Gasteiger charge is -1.98. The number of hydrogen-bond donors (Lipinski definition) is 1. The van der Waals surface area contributed by atoms with Crippen LogP contribution in [0.15, 0.2) is 44.8 Å². The number of halogens is 1. The summed E-state index contributed by atoms with van der Waals surface area (Å²) in [5, 5.41) is 4.34. The second-order valence-electron chi connectivity index (χ2n) is 4.50. The van der Waals surface area contributed by atoms with Crippen molar-refractivity contribution in [2.24, 2.45) is 0 Å². The quantitative estimate of drug-likeness (QED) is 0.588. The van der Waals surface area contributed by atoms with E-state index in [0.29, 0.717) is 33.9 Å². The van der Waals surface area contributed by atoms with Gasteiger partial charge in [-0.05, 0) is 31.2 Å². The summed E-state index contributed by atoms with van der Waals surface area (Å²) in [7, 11) is 0. The molecule has 0 amide bonds. The molecule has 0 saturated carbocycles. The van der Waals surface area contributed by atoms with Crippen LogP contribution in [0.5, 0.6) is 0 Å². The normalized spacial score (nSPS) is 10.8. The van der Waals surface area contributed by atoms with Crippen molar-refractivity contribution in [3.63, 3.8) is 0 Å². The molecule has 1 aromatic carbocycles. The first kappa shape index (κ1) is 14.5. The van der Waals surface area contributed by atoms with Gasteiger partial charge in [0.1, 0.15) is 5.82 Å². The number of hydrogen-bond acceptors (Lipinski definition) is 6. The molecule has 0 aliphatic rings. The monoisotopic (exact) mass is 318 g/mol. The van der Waals surface area contributed by atoms with Crippen LogP contribution in [0.25, 0.3) is 11.4 Å². The second-order valence-corrected chi connectivity index (χ2v) is 5.46. The standard InChI is InChI=1S/C14H11FN4O2S/c1-8-6-11(20)17-14(16-8)22-7-12-18-13(19-21-12)9-2-4-10(15)5-3-9/h2-6H,7H2,1H3,(H,16,17,20). The van der Waals surface area contributed by atoms with Gasteiger partial charge in [0.25, 0.3) is 5.56 Å². The second kappa shape index (κ2) is 6.10. The van der Waals surface area contributed by atoms with E-state index in [1.54, 1.807) is 19.1 Å². The van der Waals surface area contributed by atoms with Crippen LogP contribution in [0.2, 0.25) is 0 Å². The lowest BCUT2D eigenvalue weighted by Crippen LogP contribution is -2.08. The first-order chi connectivity index (χ1) is 10.6. The van der Waals surface area contributed by atoms with Crippen molar-refractivity contribution in [1.29, 1.82) is 0 Å². The van der Waals surface area contributed by atoms with Gasteiger partial charge in [0.05, 0.1) is 5.75 Å². The summed E-state index contributed by atoms with van der Waals surface area (Å²) in [4.78, 5) is 22.4. The molecular formula is C14H11FN4O2S. The molecule has 0 saturated heterocycles. The number of aromatic nitrogens is 4. The molecule has 0 aliphatic heterocycles. The Morgan fingerprint density at radius 1 is 1.27 bits per heavy atom. The molecule has 0 atom stereocenters. The van der Waals surface area contributed by atoms with Crippen LogP contribution in [0, 0.1) is 12.7 Å². The maximum atomic E-state index is 12.9. The van der Waals surface area contributed by atoms with Gasteiger partial charge in [-0.3, -0.25) is 4.79 Å². The highest BCUT2D eigenvalue weighted by Gasteiger charge is 2.10. The van der Waals surface area contributed by atoms with Gasteiger partial charge in [-0.25, -0.2) is 9.37 Å². The van der Waals surface area contributed by atoms with Crippen LogP contribution in [0.3, 0.4) is 0 Å². The molecule has 22 heavy (non-hydrogen) atoms. The van der Waals surface area contributed by atoms with E-state index in [2.05, 4.69) is 20.1 Å². The Labute approximate surface area is 128 Å². The number of rotatable bonds is 4. The molecule has 0 bridgehead atoms. The van der Waals surface area contributed by atoms with Crippen LogP contribution in [0.1, 0.15) is 11.6 Å². The molecule has 1 N–H and O–H groups in total. The molecule has 112 valence electrons. The van der Waals surface area contributed by atoms with E-state index in [-0.39, 0.29) is 11.4 Å². The summed E-state index contributed by atoms with van der Waals surface area (Å²) >= 11 is 1.29. The highest BCUT2D eigenvalue weighted by molar-refractivity contribution is 7.98. The zero-order chi connectivity index (χ0) is 15.5. The summed E-state index contributed by atoms with van der Waals surface area (Å²) in [6.07, 6.45) is 0. The minimum absolute atomic E-state index is 0.201. The number of thioether (sulfide) groups is 1. The fourth-order valence-corrected chi connectivity index (χ4v) is 2.54. The van der Waals surface area contributed by atoms with E-state index in [1.165, 1.54) is 30.0 Å². The molecule has 0 unspecified atom stereocenters. The zero-order valence-electron chi connectivity index (χ0n) is 11.5. The average Bonchev–Trinajstić information content (AvgIpc) is 2.94. The number of nitrogens with one attached hydrogen (secondary N) is 1. The molecule has 2 heterocycles. The summed E-state index contributed by atoms with van der Waals surface area (Å²) in [6.45, 7) is 1.75. The summed E-state index contributed by atoms with van der Waals surface area (Å²) < 4.78 is 18.0. The van der Waals surface area contributed by atoms with Gasteiger partial charge in [-0.2, -0.15) is 4.98 Å². The number of H-pyrrole nitrogens is 1. The van der Waals surface area contributed by atoms with Crippen molar-refractivity contribution in [1.82, 2.24) is 20.1 Å². The van der Waals surface area contributed by atoms with Gasteiger partial charge in [-0.15, -0.1) is 0 Å². The zero-order valence-corrected chi connectivity index (χ0v) is 12.4. The summed E-state index contributed by atoms with van der Waals surface area (Å²) in [5.41, 5.74) is 1.11. The van der Waals surface area contributed by atoms with Gasteiger partial charge >= 0.3 is 0 Å². The largest absolute Gasteiger partial charge is 0.338 e. The van der Waals surface area contributed by atoms with Crippen LogP contribution >= 0.6 is 11.8 Å². The molecule has 0 spiro atoms. The molecule has 2 aromatic heterocycles. The Morgan fingerprint density at radius 3 is 2.77 bits per heavy atom. The highest BCUT2D eigenvalue weighted by atomic mass is 32.2. The van der Waals surface area contributed by atoms with Crippen molar-refractivity contribution >= 4 is 11.8 Å². The van der Waals surface area contributed by atoms with E-state index >= 15 is 0 Å². The Balaban J connectivity index is 1.71. The Kier molecular flexibility index (Phi) is 4.01. The van der Waals surface area contributed by atoms with E-state index in [1.807, 2.05) is 0 Å². The van der Waals surface area contributed by atoms with Gasteiger partial charge in [0.15, 0.2) is 5.16 Å². The van der Waals surface area contributed by atoms with Crippen molar-refractivity contribution in [2.45, 2.75) is 17.8 Å². The first-order valence-electron chi connectivity index (χ1n) is 6.39. The third-order valence-electron chi connectivity index (χ3n) is 2.75. The van der Waals surface area contributed by atoms with Crippen LogP contribution < -0.4 is 5.56 Å². The van der Waals surface area contributed by atoms with Gasteiger partial charge < -0.3 is 9.51 Å². The Morgan fingerprint density at radius 2 is 2.05 bits per heavy atom. The first-order valence-corrected chi connectivity index (χ1v) is 7.38. The molecule has 3 rings (SSSR count). The maximum absolute atomic E-state index is 12.9. The smallest absolute Gasteiger partial charge is 0.251 e. The fraction of sp³-hybridized carbons (Fsp3) is 0.143. The number of nitrogens with zero attached hydrogens (tertiary/aromatic N) is 3. The molecule has 6 nitrogen and oxygen atoms in total. The summed E-state index contributed by atoms with van der Waals surface area (Å²) in [6, 6.07) is 7.25. The number of aryl methyl sites for hydroxylation is 1. The summed E-state index contributed by atoms with van der Waals surface area (Å²) in [5.74, 6) is 0.841. The van der Waals surface area contributed by atoms with Crippen molar-refractivity contribution in [3.05, 3.63) is 58.1 Å². The lowest BCUT2D eigenvalue weighted by molar-refractivity contribution is 0.391. The van der Waals surface area contributed by atoms with E-state index in [4.69, 9.17) is 4.52 Å². The van der Waals surface area contributed by atoms with Gasteiger partial charge in [-0.1, -0.05) is 16.9 Å². The SMILES string of the molecule is Cc1cc(=O)[nH]c(SCc2nc(-c3ccc(F)cc3)no2)n1. The Bertz CT molecular complexity index is 845. The van der Waals surface area contributed by atoms with Crippen molar-refractivity contribution < 1.29 is 8.91 Å². The van der Waals surface area contributed by atoms with Gasteiger partial charge in [0.2, 0.25) is 11.7 Å².